The van der Waals surface area contributed by atoms with Crippen LogP contribution in [0.1, 0.15) is 37.0 Å². The first-order valence-electron chi connectivity index (χ1n) is 6.11. The number of benzene rings is 1. The number of nitrogens with zero attached hydrogens (tertiary/aromatic N) is 2. The number of ether oxygens (including phenoxy) is 1. The summed E-state index contributed by atoms with van der Waals surface area (Å²) in [5, 5.41) is 3.81. The molecule has 106 valence electrons. The molecule has 0 spiro atoms. The Morgan fingerprint density at radius 1 is 1.40 bits per heavy atom. The molecule has 5 nitrogen and oxygen atoms in total. The van der Waals surface area contributed by atoms with Gasteiger partial charge in [-0.2, -0.15) is 4.98 Å². The molecular weight excluding hydrogens is 280 g/mol. The molecule has 2 rings (SSSR count). The minimum Gasteiger partial charge on any atom is -0.456 e. The van der Waals surface area contributed by atoms with E-state index in [0.717, 1.165) is 0 Å². The number of hydrogen-bond donors (Lipinski definition) is 0. The summed E-state index contributed by atoms with van der Waals surface area (Å²) in [6, 6.07) is 6.87. The van der Waals surface area contributed by atoms with Crippen molar-refractivity contribution in [3.8, 4) is 11.4 Å². The Bertz CT molecular complexity index is 617. The van der Waals surface area contributed by atoms with Crippen molar-refractivity contribution < 1.29 is 14.1 Å². The Balaban J connectivity index is 2.26. The van der Waals surface area contributed by atoms with Crippen molar-refractivity contribution in [3.05, 3.63) is 35.7 Å². The van der Waals surface area contributed by atoms with Crippen LogP contribution < -0.4 is 0 Å². The fraction of sp³-hybridized carbons (Fsp3) is 0.357. The van der Waals surface area contributed by atoms with Crippen molar-refractivity contribution in [2.24, 2.45) is 0 Å². The number of esters is 1. The molecule has 0 aliphatic heterocycles. The predicted octanol–water partition coefficient (Wildman–Crippen LogP) is 3.43. The van der Waals surface area contributed by atoms with Crippen molar-refractivity contribution in [1.29, 1.82) is 0 Å². The van der Waals surface area contributed by atoms with E-state index in [4.69, 9.17) is 20.9 Å². The zero-order valence-corrected chi connectivity index (χ0v) is 12.3. The van der Waals surface area contributed by atoms with Crippen molar-refractivity contribution >= 4 is 17.6 Å². The van der Waals surface area contributed by atoms with E-state index in [9.17, 15) is 4.79 Å². The number of alkyl halides is 1. The maximum Gasteiger partial charge on any atom is 0.338 e. The van der Waals surface area contributed by atoms with Gasteiger partial charge in [-0.3, -0.25) is 0 Å². The summed E-state index contributed by atoms with van der Waals surface area (Å²) in [6.07, 6.45) is 0. The molecule has 0 amide bonds. The highest BCUT2D eigenvalue weighted by molar-refractivity contribution is 6.16. The first kappa shape index (κ1) is 14.5. The van der Waals surface area contributed by atoms with Gasteiger partial charge in [0.2, 0.25) is 11.7 Å². The van der Waals surface area contributed by atoms with Gasteiger partial charge in [0.25, 0.3) is 0 Å². The molecule has 6 heteroatoms. The Hall–Kier alpha value is -1.88. The number of halogens is 1. The summed E-state index contributed by atoms with van der Waals surface area (Å²) in [7, 11) is 0. The van der Waals surface area contributed by atoms with Gasteiger partial charge in [-0.25, -0.2) is 4.79 Å². The molecule has 0 radical (unpaired) electrons. The molecule has 2 aromatic rings. The number of carbonyl (C=O) groups is 1. The maximum atomic E-state index is 12.0. The normalized spacial score (nSPS) is 11.4. The van der Waals surface area contributed by atoms with Crippen molar-refractivity contribution in [3.63, 3.8) is 0 Å². The van der Waals surface area contributed by atoms with Crippen LogP contribution >= 0.6 is 11.6 Å². The van der Waals surface area contributed by atoms with E-state index >= 15 is 0 Å². The predicted molar refractivity (Wildman–Crippen MR) is 74.5 cm³/mol. The molecule has 0 aliphatic carbocycles. The van der Waals surface area contributed by atoms with Gasteiger partial charge >= 0.3 is 5.97 Å². The van der Waals surface area contributed by atoms with Gasteiger partial charge in [0.15, 0.2) is 0 Å². The largest absolute Gasteiger partial charge is 0.456 e. The standard InChI is InChI=1S/C14H15ClN2O3/c1-14(2,3)19-13(18)10-6-4-5-9(7-10)12-16-11(8-15)20-17-12/h4-7H,8H2,1-3H3. The topological polar surface area (TPSA) is 65.2 Å². The Labute approximate surface area is 121 Å². The van der Waals surface area contributed by atoms with E-state index in [-0.39, 0.29) is 11.8 Å². The van der Waals surface area contributed by atoms with Crippen molar-refractivity contribution in [2.45, 2.75) is 32.3 Å². The monoisotopic (exact) mass is 294 g/mol. The maximum absolute atomic E-state index is 12.0. The van der Waals surface area contributed by atoms with E-state index in [1.165, 1.54) is 0 Å². The quantitative estimate of drug-likeness (QED) is 0.641. The molecule has 0 N–H and O–H groups in total. The molecule has 1 aromatic carbocycles. The SMILES string of the molecule is CC(C)(C)OC(=O)c1cccc(-c2noc(CCl)n2)c1. The van der Waals surface area contributed by atoms with Crippen LogP contribution in [0.2, 0.25) is 0 Å². The Morgan fingerprint density at radius 3 is 2.75 bits per heavy atom. The minimum atomic E-state index is -0.537. The fourth-order valence-electron chi connectivity index (χ4n) is 1.55. The molecule has 0 fully saturated rings. The minimum absolute atomic E-state index is 0.152. The number of hydrogen-bond acceptors (Lipinski definition) is 5. The summed E-state index contributed by atoms with van der Waals surface area (Å²) in [6.45, 7) is 5.46. The van der Waals surface area contributed by atoms with Crippen LogP contribution in [0.25, 0.3) is 11.4 Å². The van der Waals surface area contributed by atoms with Gasteiger partial charge in [0.05, 0.1) is 5.56 Å². The summed E-state index contributed by atoms with van der Waals surface area (Å²) < 4.78 is 10.3. The molecule has 0 saturated heterocycles. The highest BCUT2D eigenvalue weighted by Gasteiger charge is 2.18. The van der Waals surface area contributed by atoms with Crippen LogP contribution in [0.5, 0.6) is 0 Å². The number of carbonyl (C=O) groups excluding carboxylic acids is 1. The van der Waals surface area contributed by atoms with Gasteiger partial charge in [-0.05, 0) is 32.9 Å². The van der Waals surface area contributed by atoms with Gasteiger partial charge in [-0.15, -0.1) is 11.6 Å². The van der Waals surface area contributed by atoms with Crippen LogP contribution in [0.4, 0.5) is 0 Å². The van der Waals surface area contributed by atoms with E-state index in [1.807, 2.05) is 20.8 Å². The number of aromatic nitrogens is 2. The first-order chi connectivity index (χ1) is 9.39. The Kier molecular flexibility index (Phi) is 4.09. The molecule has 20 heavy (non-hydrogen) atoms. The van der Waals surface area contributed by atoms with Gasteiger partial charge in [0.1, 0.15) is 11.5 Å². The lowest BCUT2D eigenvalue weighted by atomic mass is 10.1. The molecule has 0 unspecified atom stereocenters. The molecule has 0 bridgehead atoms. The third kappa shape index (κ3) is 3.57. The summed E-state index contributed by atoms with van der Waals surface area (Å²) in [5.74, 6) is 0.495. The van der Waals surface area contributed by atoms with Crippen molar-refractivity contribution in [1.82, 2.24) is 10.1 Å². The van der Waals surface area contributed by atoms with Gasteiger partial charge in [-0.1, -0.05) is 17.3 Å². The highest BCUT2D eigenvalue weighted by Crippen LogP contribution is 2.19. The molecule has 1 aromatic heterocycles. The highest BCUT2D eigenvalue weighted by atomic mass is 35.5. The van der Waals surface area contributed by atoms with Gasteiger partial charge < -0.3 is 9.26 Å². The zero-order chi connectivity index (χ0) is 14.8. The van der Waals surface area contributed by atoms with E-state index < -0.39 is 5.60 Å². The molecule has 1 heterocycles. The van der Waals surface area contributed by atoms with Crippen molar-refractivity contribution in [2.75, 3.05) is 0 Å². The average molecular weight is 295 g/mol. The van der Waals surface area contributed by atoms with E-state index in [1.54, 1.807) is 24.3 Å². The summed E-state index contributed by atoms with van der Waals surface area (Å²) >= 11 is 5.61. The lowest BCUT2D eigenvalue weighted by Crippen LogP contribution is -2.23. The average Bonchev–Trinajstić information content (AvgIpc) is 2.85. The third-order valence-electron chi connectivity index (χ3n) is 2.34. The van der Waals surface area contributed by atoms with Crippen LogP contribution in [-0.4, -0.2) is 21.7 Å². The lowest BCUT2D eigenvalue weighted by Gasteiger charge is -2.19. The Morgan fingerprint density at radius 2 is 2.15 bits per heavy atom. The van der Waals surface area contributed by atoms with Crippen LogP contribution in [-0.2, 0) is 10.6 Å². The first-order valence-corrected chi connectivity index (χ1v) is 6.65. The molecule has 0 saturated carbocycles. The smallest absolute Gasteiger partial charge is 0.338 e. The van der Waals surface area contributed by atoms with E-state index in [0.29, 0.717) is 22.8 Å². The molecule has 0 aliphatic rings. The third-order valence-corrected chi connectivity index (χ3v) is 2.57. The summed E-state index contributed by atoms with van der Waals surface area (Å²) in [4.78, 5) is 16.1. The summed E-state index contributed by atoms with van der Waals surface area (Å²) in [5.41, 5.74) is 0.577. The van der Waals surface area contributed by atoms with Gasteiger partial charge in [0, 0.05) is 5.56 Å². The lowest BCUT2D eigenvalue weighted by molar-refractivity contribution is 0.00696. The second-order valence-electron chi connectivity index (χ2n) is 5.23. The zero-order valence-electron chi connectivity index (χ0n) is 11.5. The van der Waals surface area contributed by atoms with Crippen LogP contribution in [0.15, 0.2) is 28.8 Å². The van der Waals surface area contributed by atoms with E-state index in [2.05, 4.69) is 10.1 Å². The second-order valence-corrected chi connectivity index (χ2v) is 5.50. The fourth-order valence-corrected chi connectivity index (χ4v) is 1.66. The van der Waals surface area contributed by atoms with Crippen LogP contribution in [0.3, 0.4) is 0 Å². The van der Waals surface area contributed by atoms with Crippen LogP contribution in [0, 0.1) is 0 Å². The molecule has 0 atom stereocenters. The molecular formula is C14H15ClN2O3. The second kappa shape index (κ2) is 5.63. The number of rotatable bonds is 3.